The standard InChI is InChI=1S/C16H18ClN3OS/c1-4-7-20(10-12-6-5-8-22-12)16(21)14-13(17)9-18-15(19-14)11(2)3/h4-6,8-9,11H,1,7,10H2,2-3H3. The molecule has 0 aliphatic rings. The highest BCUT2D eigenvalue weighted by atomic mass is 35.5. The number of hydrogen-bond acceptors (Lipinski definition) is 4. The molecular weight excluding hydrogens is 318 g/mol. The quantitative estimate of drug-likeness (QED) is 0.745. The van der Waals surface area contributed by atoms with Crippen molar-refractivity contribution in [1.29, 1.82) is 0 Å². The summed E-state index contributed by atoms with van der Waals surface area (Å²) in [5.41, 5.74) is 0.249. The molecule has 2 heterocycles. The van der Waals surface area contributed by atoms with Crippen molar-refractivity contribution in [1.82, 2.24) is 14.9 Å². The van der Waals surface area contributed by atoms with Gasteiger partial charge in [0.25, 0.3) is 5.91 Å². The zero-order valence-corrected chi connectivity index (χ0v) is 14.2. The van der Waals surface area contributed by atoms with E-state index in [2.05, 4.69) is 16.5 Å². The summed E-state index contributed by atoms with van der Waals surface area (Å²) in [6.45, 7) is 8.62. The first-order chi connectivity index (χ1) is 10.5. The smallest absolute Gasteiger partial charge is 0.274 e. The van der Waals surface area contributed by atoms with E-state index in [0.717, 1.165) is 4.88 Å². The van der Waals surface area contributed by atoms with E-state index in [9.17, 15) is 4.79 Å². The van der Waals surface area contributed by atoms with Crippen LogP contribution in [0.25, 0.3) is 0 Å². The maximum absolute atomic E-state index is 12.8. The zero-order valence-electron chi connectivity index (χ0n) is 12.6. The van der Waals surface area contributed by atoms with E-state index >= 15 is 0 Å². The molecule has 0 fully saturated rings. The van der Waals surface area contributed by atoms with Crippen molar-refractivity contribution < 1.29 is 4.79 Å². The lowest BCUT2D eigenvalue weighted by Crippen LogP contribution is -2.31. The van der Waals surface area contributed by atoms with Crippen LogP contribution in [0.4, 0.5) is 0 Å². The number of aromatic nitrogens is 2. The second-order valence-corrected chi connectivity index (χ2v) is 6.57. The molecule has 0 spiro atoms. The highest BCUT2D eigenvalue weighted by Gasteiger charge is 2.21. The molecule has 0 N–H and O–H groups in total. The molecule has 1 amide bonds. The Balaban J connectivity index is 2.30. The molecule has 0 saturated heterocycles. The lowest BCUT2D eigenvalue weighted by Gasteiger charge is -2.21. The second kappa shape index (κ2) is 7.51. The van der Waals surface area contributed by atoms with Gasteiger partial charge in [0.1, 0.15) is 5.82 Å². The number of hydrogen-bond donors (Lipinski definition) is 0. The van der Waals surface area contributed by atoms with Crippen molar-refractivity contribution in [3.8, 4) is 0 Å². The summed E-state index contributed by atoms with van der Waals surface area (Å²) in [5.74, 6) is 0.541. The fraction of sp³-hybridized carbons (Fsp3) is 0.312. The molecule has 2 rings (SSSR count). The Kier molecular flexibility index (Phi) is 5.69. The van der Waals surface area contributed by atoms with E-state index in [1.807, 2.05) is 31.4 Å². The summed E-state index contributed by atoms with van der Waals surface area (Å²) in [7, 11) is 0. The molecule has 0 saturated carbocycles. The molecule has 2 aromatic heterocycles. The van der Waals surface area contributed by atoms with Crippen molar-refractivity contribution in [2.45, 2.75) is 26.3 Å². The van der Waals surface area contributed by atoms with Gasteiger partial charge in [-0.1, -0.05) is 37.6 Å². The Morgan fingerprint density at radius 3 is 2.91 bits per heavy atom. The van der Waals surface area contributed by atoms with Crippen LogP contribution in [-0.4, -0.2) is 27.3 Å². The van der Waals surface area contributed by atoms with Gasteiger partial charge in [0.15, 0.2) is 5.69 Å². The monoisotopic (exact) mass is 335 g/mol. The Morgan fingerprint density at radius 1 is 1.55 bits per heavy atom. The predicted octanol–water partition coefficient (Wildman–Crippen LogP) is 4.14. The van der Waals surface area contributed by atoms with Crippen LogP contribution in [0.15, 0.2) is 36.4 Å². The molecule has 22 heavy (non-hydrogen) atoms. The first kappa shape index (κ1) is 16.6. The largest absolute Gasteiger partial charge is 0.328 e. The summed E-state index contributed by atoms with van der Waals surface area (Å²) in [6, 6.07) is 3.96. The fourth-order valence-corrected chi connectivity index (χ4v) is 2.82. The normalized spacial score (nSPS) is 10.7. The summed E-state index contributed by atoms with van der Waals surface area (Å²) in [4.78, 5) is 24.1. The van der Waals surface area contributed by atoms with Gasteiger partial charge < -0.3 is 4.90 Å². The summed E-state index contributed by atoms with van der Waals surface area (Å²) in [5, 5.41) is 2.26. The first-order valence-corrected chi connectivity index (χ1v) is 8.23. The van der Waals surface area contributed by atoms with Gasteiger partial charge in [-0.2, -0.15) is 0 Å². The maximum atomic E-state index is 12.8. The van der Waals surface area contributed by atoms with Crippen LogP contribution in [-0.2, 0) is 6.54 Å². The van der Waals surface area contributed by atoms with Crippen molar-refractivity contribution >= 4 is 28.8 Å². The summed E-state index contributed by atoms with van der Waals surface area (Å²) < 4.78 is 0. The van der Waals surface area contributed by atoms with Crippen LogP contribution in [0.2, 0.25) is 5.02 Å². The lowest BCUT2D eigenvalue weighted by molar-refractivity contribution is 0.0758. The minimum atomic E-state index is -0.206. The molecule has 0 aliphatic carbocycles. The second-order valence-electron chi connectivity index (χ2n) is 5.13. The van der Waals surface area contributed by atoms with E-state index in [4.69, 9.17) is 11.6 Å². The Labute approximate surface area is 139 Å². The molecule has 0 aliphatic heterocycles. The molecule has 2 aromatic rings. The van der Waals surface area contributed by atoms with E-state index in [1.165, 1.54) is 6.20 Å². The van der Waals surface area contributed by atoms with Gasteiger partial charge in [0.05, 0.1) is 17.8 Å². The molecular formula is C16H18ClN3OS. The number of carbonyl (C=O) groups excluding carboxylic acids is 1. The predicted molar refractivity (Wildman–Crippen MR) is 90.4 cm³/mol. The number of nitrogens with zero attached hydrogens (tertiary/aromatic N) is 3. The number of halogens is 1. The Morgan fingerprint density at radius 2 is 2.32 bits per heavy atom. The zero-order chi connectivity index (χ0) is 16.1. The minimum absolute atomic E-state index is 0.133. The van der Waals surface area contributed by atoms with Crippen molar-refractivity contribution in [2.24, 2.45) is 0 Å². The number of carbonyl (C=O) groups is 1. The highest BCUT2D eigenvalue weighted by molar-refractivity contribution is 7.09. The average molecular weight is 336 g/mol. The van der Waals surface area contributed by atoms with Gasteiger partial charge in [0, 0.05) is 17.3 Å². The van der Waals surface area contributed by atoms with Gasteiger partial charge >= 0.3 is 0 Å². The molecule has 6 heteroatoms. The fourth-order valence-electron chi connectivity index (χ4n) is 1.92. The molecule has 0 radical (unpaired) electrons. The Hall–Kier alpha value is -1.72. The minimum Gasteiger partial charge on any atom is -0.328 e. The van der Waals surface area contributed by atoms with Gasteiger partial charge in [-0.3, -0.25) is 4.79 Å². The third-order valence-corrected chi connectivity index (χ3v) is 4.18. The SMILES string of the molecule is C=CCN(Cc1cccs1)C(=O)c1nc(C(C)C)ncc1Cl. The van der Waals surface area contributed by atoms with Crippen LogP contribution in [0, 0.1) is 0 Å². The molecule has 0 aromatic carbocycles. The van der Waals surface area contributed by atoms with Crippen molar-refractivity contribution in [3.05, 3.63) is 57.8 Å². The topological polar surface area (TPSA) is 46.1 Å². The van der Waals surface area contributed by atoms with Crippen LogP contribution in [0.3, 0.4) is 0 Å². The van der Waals surface area contributed by atoms with E-state index in [0.29, 0.717) is 18.9 Å². The first-order valence-electron chi connectivity index (χ1n) is 6.98. The molecule has 0 atom stereocenters. The Bertz CT molecular complexity index is 655. The van der Waals surface area contributed by atoms with Gasteiger partial charge in [-0.25, -0.2) is 9.97 Å². The number of amides is 1. The third kappa shape index (κ3) is 3.93. The van der Waals surface area contributed by atoms with E-state index < -0.39 is 0 Å². The van der Waals surface area contributed by atoms with E-state index in [-0.39, 0.29) is 22.5 Å². The van der Waals surface area contributed by atoms with Crippen LogP contribution in [0.5, 0.6) is 0 Å². The van der Waals surface area contributed by atoms with Crippen LogP contribution >= 0.6 is 22.9 Å². The molecule has 0 unspecified atom stereocenters. The molecule has 116 valence electrons. The van der Waals surface area contributed by atoms with Gasteiger partial charge in [-0.05, 0) is 11.4 Å². The maximum Gasteiger partial charge on any atom is 0.274 e. The summed E-state index contributed by atoms with van der Waals surface area (Å²) in [6.07, 6.45) is 3.19. The number of thiophene rings is 1. The van der Waals surface area contributed by atoms with E-state index in [1.54, 1.807) is 22.3 Å². The van der Waals surface area contributed by atoms with Crippen LogP contribution < -0.4 is 0 Å². The van der Waals surface area contributed by atoms with Gasteiger partial charge in [-0.15, -0.1) is 17.9 Å². The van der Waals surface area contributed by atoms with Gasteiger partial charge in [0.2, 0.25) is 0 Å². The lowest BCUT2D eigenvalue weighted by atomic mass is 10.2. The number of rotatable bonds is 6. The highest BCUT2D eigenvalue weighted by Crippen LogP contribution is 2.20. The van der Waals surface area contributed by atoms with Crippen LogP contribution in [0.1, 0.15) is 41.0 Å². The third-order valence-electron chi connectivity index (χ3n) is 3.05. The van der Waals surface area contributed by atoms with Crippen molar-refractivity contribution in [2.75, 3.05) is 6.54 Å². The summed E-state index contributed by atoms with van der Waals surface area (Å²) >= 11 is 7.73. The molecule has 4 nitrogen and oxygen atoms in total. The molecule has 0 bridgehead atoms. The average Bonchev–Trinajstić information content (AvgIpc) is 2.99. The van der Waals surface area contributed by atoms with Crippen molar-refractivity contribution in [3.63, 3.8) is 0 Å².